The number of nitro groups is 1. The SMILES string of the molecule is COc1ccc(-c2cc(=O)n(CC(=O)Nc3cc([N+](=O)[O-])ccc3OC)cn2)cc1. The first kappa shape index (κ1) is 20.5. The Morgan fingerprint density at radius 1 is 1.13 bits per heavy atom. The molecule has 0 unspecified atom stereocenters. The normalized spacial score (nSPS) is 10.3. The second kappa shape index (κ2) is 8.86. The zero-order valence-electron chi connectivity index (χ0n) is 16.2. The third-order valence-electron chi connectivity index (χ3n) is 4.25. The standard InChI is InChI=1S/C20H18N4O6/c1-29-15-6-3-13(4-7-15)16-10-20(26)23(12-21-16)11-19(25)22-17-9-14(24(27)28)5-8-18(17)30-2/h3-10,12H,11H2,1-2H3,(H,22,25). The largest absolute Gasteiger partial charge is 0.497 e. The molecule has 30 heavy (non-hydrogen) atoms. The van der Waals surface area contributed by atoms with E-state index in [2.05, 4.69) is 10.3 Å². The fraction of sp³-hybridized carbons (Fsp3) is 0.150. The number of nitro benzene ring substituents is 1. The summed E-state index contributed by atoms with van der Waals surface area (Å²) >= 11 is 0. The molecule has 0 aliphatic rings. The van der Waals surface area contributed by atoms with E-state index >= 15 is 0 Å². The number of carbonyl (C=O) groups is 1. The lowest BCUT2D eigenvalue weighted by Gasteiger charge is -2.11. The summed E-state index contributed by atoms with van der Waals surface area (Å²) in [6.07, 6.45) is 1.27. The summed E-state index contributed by atoms with van der Waals surface area (Å²) in [5.41, 5.74) is 0.698. The highest BCUT2D eigenvalue weighted by Crippen LogP contribution is 2.28. The van der Waals surface area contributed by atoms with E-state index in [-0.39, 0.29) is 23.7 Å². The highest BCUT2D eigenvalue weighted by Gasteiger charge is 2.14. The predicted octanol–water partition coefficient (Wildman–Crippen LogP) is 2.47. The van der Waals surface area contributed by atoms with Crippen molar-refractivity contribution in [1.29, 1.82) is 0 Å². The number of anilines is 1. The Labute approximate surface area is 170 Å². The number of hydrogen-bond donors (Lipinski definition) is 1. The quantitative estimate of drug-likeness (QED) is 0.468. The predicted molar refractivity (Wildman–Crippen MR) is 109 cm³/mol. The molecule has 2 aromatic carbocycles. The van der Waals surface area contributed by atoms with Crippen LogP contribution in [0, 0.1) is 10.1 Å². The summed E-state index contributed by atoms with van der Waals surface area (Å²) in [6, 6.07) is 12.2. The molecule has 3 rings (SSSR count). The number of methoxy groups -OCH3 is 2. The van der Waals surface area contributed by atoms with Gasteiger partial charge in [-0.3, -0.25) is 24.3 Å². The summed E-state index contributed by atoms with van der Waals surface area (Å²) in [5, 5.41) is 13.5. The molecular formula is C20H18N4O6. The molecule has 1 heterocycles. The van der Waals surface area contributed by atoms with Gasteiger partial charge in [0.25, 0.3) is 11.2 Å². The zero-order valence-corrected chi connectivity index (χ0v) is 16.2. The van der Waals surface area contributed by atoms with Gasteiger partial charge in [0.2, 0.25) is 5.91 Å². The number of nitrogens with zero attached hydrogens (tertiary/aromatic N) is 3. The van der Waals surface area contributed by atoms with Crippen LogP contribution in [0.3, 0.4) is 0 Å². The van der Waals surface area contributed by atoms with Crippen molar-refractivity contribution < 1.29 is 19.2 Å². The molecule has 0 spiro atoms. The first-order chi connectivity index (χ1) is 14.4. The van der Waals surface area contributed by atoms with Crippen LogP contribution >= 0.6 is 0 Å². The average Bonchev–Trinajstić information content (AvgIpc) is 2.75. The molecule has 10 heteroatoms. The number of hydrogen-bond acceptors (Lipinski definition) is 7. The van der Waals surface area contributed by atoms with Crippen LogP contribution in [-0.2, 0) is 11.3 Å². The molecule has 1 amide bonds. The van der Waals surface area contributed by atoms with Crippen LogP contribution in [0.15, 0.2) is 59.7 Å². The van der Waals surface area contributed by atoms with Crippen LogP contribution < -0.4 is 20.3 Å². The number of rotatable bonds is 7. The van der Waals surface area contributed by atoms with Crippen molar-refractivity contribution in [2.24, 2.45) is 0 Å². The molecular weight excluding hydrogens is 392 g/mol. The lowest BCUT2D eigenvalue weighted by atomic mass is 10.1. The minimum Gasteiger partial charge on any atom is -0.497 e. The number of carbonyl (C=O) groups excluding carboxylic acids is 1. The third kappa shape index (κ3) is 4.61. The van der Waals surface area contributed by atoms with E-state index < -0.39 is 16.4 Å². The maximum atomic E-state index is 12.4. The van der Waals surface area contributed by atoms with Gasteiger partial charge < -0.3 is 14.8 Å². The molecule has 0 aliphatic carbocycles. The molecule has 0 atom stereocenters. The maximum absolute atomic E-state index is 12.4. The summed E-state index contributed by atoms with van der Waals surface area (Å²) in [7, 11) is 2.94. The monoisotopic (exact) mass is 410 g/mol. The Balaban J connectivity index is 1.76. The first-order valence-electron chi connectivity index (χ1n) is 8.74. The van der Waals surface area contributed by atoms with Crippen LogP contribution in [-0.4, -0.2) is 34.6 Å². The lowest BCUT2D eigenvalue weighted by molar-refractivity contribution is -0.384. The van der Waals surface area contributed by atoms with E-state index in [1.165, 1.54) is 37.7 Å². The number of aromatic nitrogens is 2. The van der Waals surface area contributed by atoms with E-state index in [1.807, 2.05) is 0 Å². The van der Waals surface area contributed by atoms with Gasteiger partial charge in [0.05, 0.1) is 36.9 Å². The van der Waals surface area contributed by atoms with Gasteiger partial charge in [-0.1, -0.05) is 0 Å². The minimum atomic E-state index is -0.582. The van der Waals surface area contributed by atoms with Gasteiger partial charge in [-0.05, 0) is 30.3 Å². The number of ether oxygens (including phenoxy) is 2. The summed E-state index contributed by atoms with van der Waals surface area (Å²) < 4.78 is 11.3. The number of non-ortho nitro benzene ring substituents is 1. The maximum Gasteiger partial charge on any atom is 0.271 e. The Hall–Kier alpha value is -4.21. The van der Waals surface area contributed by atoms with Gasteiger partial charge in [-0.15, -0.1) is 0 Å². The molecule has 10 nitrogen and oxygen atoms in total. The van der Waals surface area contributed by atoms with E-state index in [0.717, 1.165) is 10.1 Å². The lowest BCUT2D eigenvalue weighted by Crippen LogP contribution is -2.27. The van der Waals surface area contributed by atoms with Crippen molar-refractivity contribution in [1.82, 2.24) is 9.55 Å². The highest BCUT2D eigenvalue weighted by atomic mass is 16.6. The van der Waals surface area contributed by atoms with Crippen LogP contribution in [0.25, 0.3) is 11.3 Å². The van der Waals surface area contributed by atoms with Crippen LogP contribution in [0.2, 0.25) is 0 Å². The number of amides is 1. The van der Waals surface area contributed by atoms with E-state index in [9.17, 15) is 19.7 Å². The van der Waals surface area contributed by atoms with E-state index in [1.54, 1.807) is 31.4 Å². The van der Waals surface area contributed by atoms with Crippen molar-refractivity contribution in [2.45, 2.75) is 6.54 Å². The van der Waals surface area contributed by atoms with Crippen molar-refractivity contribution in [3.05, 3.63) is 75.3 Å². The molecule has 154 valence electrons. The van der Waals surface area contributed by atoms with Crippen LogP contribution in [0.4, 0.5) is 11.4 Å². The van der Waals surface area contributed by atoms with Gasteiger partial charge in [-0.2, -0.15) is 0 Å². The molecule has 0 fully saturated rings. The topological polar surface area (TPSA) is 126 Å². The zero-order chi connectivity index (χ0) is 21.7. The fourth-order valence-electron chi connectivity index (χ4n) is 2.72. The smallest absolute Gasteiger partial charge is 0.271 e. The van der Waals surface area contributed by atoms with Crippen LogP contribution in [0.5, 0.6) is 11.5 Å². The second-order valence-corrected chi connectivity index (χ2v) is 6.16. The van der Waals surface area contributed by atoms with Crippen molar-refractivity contribution in [3.63, 3.8) is 0 Å². The number of nitrogens with one attached hydrogen (secondary N) is 1. The molecule has 1 aromatic heterocycles. The van der Waals surface area contributed by atoms with Gasteiger partial charge in [0.1, 0.15) is 18.0 Å². The van der Waals surface area contributed by atoms with Gasteiger partial charge in [0, 0.05) is 23.8 Å². The summed E-state index contributed by atoms with van der Waals surface area (Å²) in [6.45, 7) is -0.319. The second-order valence-electron chi connectivity index (χ2n) is 6.16. The van der Waals surface area contributed by atoms with E-state index in [4.69, 9.17) is 9.47 Å². The number of benzene rings is 2. The van der Waals surface area contributed by atoms with Gasteiger partial charge in [-0.25, -0.2) is 4.98 Å². The molecule has 0 radical (unpaired) electrons. The van der Waals surface area contributed by atoms with Gasteiger partial charge in [0.15, 0.2) is 0 Å². The van der Waals surface area contributed by atoms with Crippen molar-refractivity contribution in [2.75, 3.05) is 19.5 Å². The Bertz CT molecular complexity index is 1140. The fourth-order valence-corrected chi connectivity index (χ4v) is 2.72. The molecule has 0 saturated carbocycles. The molecule has 0 aliphatic heterocycles. The highest BCUT2D eigenvalue weighted by molar-refractivity contribution is 5.92. The summed E-state index contributed by atoms with van der Waals surface area (Å²) in [4.78, 5) is 39.4. The Morgan fingerprint density at radius 3 is 2.47 bits per heavy atom. The summed E-state index contributed by atoms with van der Waals surface area (Å²) in [5.74, 6) is 0.379. The Morgan fingerprint density at radius 2 is 1.87 bits per heavy atom. The van der Waals surface area contributed by atoms with Crippen molar-refractivity contribution in [3.8, 4) is 22.8 Å². The molecule has 1 N–H and O–H groups in total. The molecule has 0 saturated heterocycles. The van der Waals surface area contributed by atoms with E-state index in [0.29, 0.717) is 11.4 Å². The molecule has 0 bridgehead atoms. The van der Waals surface area contributed by atoms with Gasteiger partial charge >= 0.3 is 0 Å². The first-order valence-corrected chi connectivity index (χ1v) is 8.74. The van der Waals surface area contributed by atoms with Crippen molar-refractivity contribution >= 4 is 17.3 Å². The Kier molecular flexibility index (Phi) is 6.06. The third-order valence-corrected chi connectivity index (χ3v) is 4.25. The average molecular weight is 410 g/mol. The van der Waals surface area contributed by atoms with Crippen LogP contribution in [0.1, 0.15) is 0 Å². The minimum absolute atomic E-state index is 0.132. The molecule has 3 aromatic rings.